The fourth-order valence-corrected chi connectivity index (χ4v) is 2.07. The minimum atomic E-state index is 0.117. The van der Waals surface area contributed by atoms with Gasteiger partial charge in [-0.05, 0) is 12.5 Å². The number of aliphatic imine (C=N–C) groups is 1. The lowest BCUT2D eigenvalue weighted by atomic mass is 10.2. The molecular formula is C14H16N4O. The van der Waals surface area contributed by atoms with Crippen molar-refractivity contribution >= 4 is 11.7 Å². The van der Waals surface area contributed by atoms with E-state index < -0.39 is 0 Å². The van der Waals surface area contributed by atoms with Gasteiger partial charge in [-0.25, -0.2) is 9.67 Å². The quantitative estimate of drug-likeness (QED) is 0.908. The van der Waals surface area contributed by atoms with Gasteiger partial charge in [0.15, 0.2) is 0 Å². The monoisotopic (exact) mass is 256 g/mol. The highest BCUT2D eigenvalue weighted by Crippen LogP contribution is 2.18. The van der Waals surface area contributed by atoms with E-state index in [-0.39, 0.29) is 6.10 Å². The number of nitrogens with two attached hydrogens (primary N) is 1. The van der Waals surface area contributed by atoms with Crippen LogP contribution in [0.1, 0.15) is 18.1 Å². The second kappa shape index (κ2) is 4.76. The Bertz CT molecular complexity index is 603. The number of hydrogen-bond acceptors (Lipinski definition) is 4. The van der Waals surface area contributed by atoms with Gasteiger partial charge in [0, 0.05) is 0 Å². The first-order valence-electron chi connectivity index (χ1n) is 6.30. The second-order valence-electron chi connectivity index (χ2n) is 4.66. The molecule has 0 saturated carbocycles. The highest BCUT2D eigenvalue weighted by molar-refractivity contribution is 5.99. The van der Waals surface area contributed by atoms with Gasteiger partial charge in [-0.3, -0.25) is 0 Å². The van der Waals surface area contributed by atoms with Crippen LogP contribution in [0.15, 0.2) is 41.5 Å². The summed E-state index contributed by atoms with van der Waals surface area (Å²) in [5.74, 6) is 1.20. The van der Waals surface area contributed by atoms with Crippen molar-refractivity contribution < 1.29 is 4.74 Å². The van der Waals surface area contributed by atoms with Crippen molar-refractivity contribution in [3.05, 3.63) is 47.7 Å². The van der Waals surface area contributed by atoms with Crippen LogP contribution >= 0.6 is 0 Å². The van der Waals surface area contributed by atoms with E-state index >= 15 is 0 Å². The summed E-state index contributed by atoms with van der Waals surface area (Å²) in [6, 6.07) is 10.1. The van der Waals surface area contributed by atoms with Crippen LogP contribution in [-0.2, 0) is 11.3 Å². The molecule has 1 aromatic heterocycles. The van der Waals surface area contributed by atoms with E-state index in [2.05, 4.69) is 10.1 Å². The summed E-state index contributed by atoms with van der Waals surface area (Å²) in [7, 11) is 0. The molecule has 19 heavy (non-hydrogen) atoms. The number of hydrogen-bond donors (Lipinski definition) is 1. The first-order valence-corrected chi connectivity index (χ1v) is 6.30. The Hall–Kier alpha value is -2.30. The van der Waals surface area contributed by atoms with Crippen LogP contribution in [0, 0.1) is 0 Å². The van der Waals surface area contributed by atoms with Gasteiger partial charge in [-0.1, -0.05) is 30.3 Å². The third kappa shape index (κ3) is 2.31. The molecule has 0 amide bonds. The highest BCUT2D eigenvalue weighted by Gasteiger charge is 2.21. The topological polar surface area (TPSA) is 65.4 Å². The second-order valence-corrected chi connectivity index (χ2v) is 4.66. The van der Waals surface area contributed by atoms with Gasteiger partial charge < -0.3 is 10.5 Å². The lowest BCUT2D eigenvalue weighted by Gasteiger charge is -2.06. The molecule has 1 aromatic carbocycles. The average molecular weight is 256 g/mol. The minimum absolute atomic E-state index is 0.117. The molecule has 1 aliphatic heterocycles. The molecule has 2 aromatic rings. The summed E-state index contributed by atoms with van der Waals surface area (Å²) in [6.07, 6.45) is 1.83. The molecule has 0 saturated heterocycles. The van der Waals surface area contributed by atoms with Crippen molar-refractivity contribution in [1.29, 1.82) is 0 Å². The van der Waals surface area contributed by atoms with Gasteiger partial charge in [-0.2, -0.15) is 5.10 Å². The summed E-state index contributed by atoms with van der Waals surface area (Å²) in [5.41, 5.74) is 8.05. The van der Waals surface area contributed by atoms with Gasteiger partial charge >= 0.3 is 0 Å². The maximum Gasteiger partial charge on any atom is 0.221 e. The van der Waals surface area contributed by atoms with Gasteiger partial charge in [0.1, 0.15) is 11.9 Å². The van der Waals surface area contributed by atoms with Crippen LogP contribution < -0.4 is 5.73 Å². The van der Waals surface area contributed by atoms with E-state index in [9.17, 15) is 0 Å². The van der Waals surface area contributed by atoms with Crippen molar-refractivity contribution in [2.24, 2.45) is 4.99 Å². The lowest BCUT2D eigenvalue weighted by molar-refractivity contribution is 0.246. The zero-order chi connectivity index (χ0) is 13.2. The van der Waals surface area contributed by atoms with Crippen molar-refractivity contribution in [2.75, 3.05) is 12.3 Å². The molecule has 98 valence electrons. The molecule has 3 rings (SSSR count). The van der Waals surface area contributed by atoms with Crippen LogP contribution in [0.4, 0.5) is 5.82 Å². The highest BCUT2D eigenvalue weighted by atomic mass is 16.5. The Morgan fingerprint density at radius 3 is 2.84 bits per heavy atom. The van der Waals surface area contributed by atoms with Gasteiger partial charge in [0.25, 0.3) is 0 Å². The van der Waals surface area contributed by atoms with Crippen molar-refractivity contribution in [3.8, 4) is 0 Å². The summed E-state index contributed by atoms with van der Waals surface area (Å²) in [4.78, 5) is 4.33. The molecule has 0 aliphatic carbocycles. The largest absolute Gasteiger partial charge is 0.472 e. The summed E-state index contributed by atoms with van der Waals surface area (Å²) in [6.45, 7) is 3.31. The molecule has 0 bridgehead atoms. The molecule has 1 atom stereocenters. The van der Waals surface area contributed by atoms with E-state index in [1.54, 1.807) is 10.9 Å². The molecule has 0 fully saturated rings. The standard InChI is InChI=1S/C14H16N4O/c1-10-7-16-14(19-10)12-8-17-18(13(12)15)9-11-5-3-2-4-6-11/h2-6,8,10H,7,9,15H2,1H3. The van der Waals surface area contributed by atoms with E-state index in [1.165, 1.54) is 0 Å². The fourth-order valence-electron chi connectivity index (χ4n) is 2.07. The Morgan fingerprint density at radius 1 is 1.37 bits per heavy atom. The average Bonchev–Trinajstić information content (AvgIpc) is 2.99. The van der Waals surface area contributed by atoms with E-state index in [0.29, 0.717) is 24.8 Å². The zero-order valence-electron chi connectivity index (χ0n) is 10.8. The molecule has 0 radical (unpaired) electrons. The summed E-state index contributed by atoms with van der Waals surface area (Å²) in [5, 5.41) is 4.31. The van der Waals surface area contributed by atoms with Gasteiger partial charge in [-0.15, -0.1) is 0 Å². The molecule has 1 unspecified atom stereocenters. The van der Waals surface area contributed by atoms with E-state index in [1.807, 2.05) is 37.3 Å². The molecule has 1 aliphatic rings. The van der Waals surface area contributed by atoms with Crippen LogP contribution in [0.3, 0.4) is 0 Å². The first-order chi connectivity index (χ1) is 9.24. The number of aromatic nitrogens is 2. The third-order valence-electron chi connectivity index (χ3n) is 3.09. The number of anilines is 1. The number of nitrogen functional groups attached to an aromatic ring is 1. The lowest BCUT2D eigenvalue weighted by Crippen LogP contribution is -2.11. The van der Waals surface area contributed by atoms with Gasteiger partial charge in [0.05, 0.1) is 24.8 Å². The summed E-state index contributed by atoms with van der Waals surface area (Å²) >= 11 is 0. The van der Waals surface area contributed by atoms with E-state index in [0.717, 1.165) is 11.1 Å². The third-order valence-corrected chi connectivity index (χ3v) is 3.09. The SMILES string of the molecule is CC1CN=C(c2cnn(Cc3ccccc3)c2N)O1. The number of rotatable bonds is 3. The van der Waals surface area contributed by atoms with E-state index in [4.69, 9.17) is 10.5 Å². The van der Waals surface area contributed by atoms with Crippen molar-refractivity contribution in [3.63, 3.8) is 0 Å². The number of nitrogens with zero attached hydrogens (tertiary/aromatic N) is 3. The smallest absolute Gasteiger partial charge is 0.221 e. The van der Waals surface area contributed by atoms with Crippen molar-refractivity contribution in [2.45, 2.75) is 19.6 Å². The van der Waals surface area contributed by atoms with Gasteiger partial charge in [0.2, 0.25) is 5.90 Å². The van der Waals surface area contributed by atoms with Crippen LogP contribution in [-0.4, -0.2) is 28.3 Å². The van der Waals surface area contributed by atoms with Crippen LogP contribution in [0.2, 0.25) is 0 Å². The predicted octanol–water partition coefficient (Wildman–Crippen LogP) is 1.68. The number of benzene rings is 1. The minimum Gasteiger partial charge on any atom is -0.472 e. The van der Waals surface area contributed by atoms with Crippen LogP contribution in [0.5, 0.6) is 0 Å². The van der Waals surface area contributed by atoms with Crippen LogP contribution in [0.25, 0.3) is 0 Å². The Balaban J connectivity index is 1.83. The maximum atomic E-state index is 6.12. The molecule has 5 nitrogen and oxygen atoms in total. The Morgan fingerprint density at radius 2 is 2.16 bits per heavy atom. The molecule has 2 N–H and O–H groups in total. The fraction of sp³-hybridized carbons (Fsp3) is 0.286. The predicted molar refractivity (Wildman–Crippen MR) is 74.1 cm³/mol. The summed E-state index contributed by atoms with van der Waals surface area (Å²) < 4.78 is 7.37. The normalized spacial score (nSPS) is 18.2. The Labute approximate surface area is 111 Å². The zero-order valence-corrected chi connectivity index (χ0v) is 10.8. The molecule has 5 heteroatoms. The Kier molecular flexibility index (Phi) is 2.95. The number of ether oxygens (including phenoxy) is 1. The molecular weight excluding hydrogens is 240 g/mol. The maximum absolute atomic E-state index is 6.12. The molecule has 0 spiro atoms. The van der Waals surface area contributed by atoms with Crippen molar-refractivity contribution in [1.82, 2.24) is 9.78 Å². The molecule has 2 heterocycles. The first kappa shape index (κ1) is 11.8.